The molecule has 17 nitrogen and oxygen atoms in total. The average molecular weight is 1820 g/mol. The molecule has 22 rings (SSSR count). The van der Waals surface area contributed by atoms with Crippen LogP contribution in [0.2, 0.25) is 0 Å². The van der Waals surface area contributed by atoms with Gasteiger partial charge in [-0.25, -0.2) is 0 Å². The number of fused-ring (bicyclic) bond motifs is 5. The Balaban J connectivity index is 0.000000113. The zero-order valence-electron chi connectivity index (χ0n) is 77.8. The summed E-state index contributed by atoms with van der Waals surface area (Å²) in [5.74, 6) is 0. The van der Waals surface area contributed by atoms with Gasteiger partial charge in [-0.05, 0) is 315 Å². The molecule has 0 amide bonds. The number of aromatic nitrogens is 10. The van der Waals surface area contributed by atoms with E-state index in [0.717, 1.165) is 250 Å². The van der Waals surface area contributed by atoms with E-state index in [4.69, 9.17) is 0 Å². The van der Waals surface area contributed by atoms with E-state index in [1.807, 2.05) is 45.4 Å². The van der Waals surface area contributed by atoms with Crippen molar-refractivity contribution in [3.63, 3.8) is 0 Å². The van der Waals surface area contributed by atoms with Crippen LogP contribution in [0.25, 0.3) is 56.0 Å². The topological polar surface area (TPSA) is 200 Å². The van der Waals surface area contributed by atoms with Crippen LogP contribution in [0.5, 0.6) is 0 Å². The van der Waals surface area contributed by atoms with Gasteiger partial charge in [-0.15, -0.1) is 0 Å². The van der Waals surface area contributed by atoms with Crippen molar-refractivity contribution in [1.82, 2.24) is 51.0 Å². The number of rotatable bonds is 17. The third-order valence-electron chi connectivity index (χ3n) is 27.7. The number of anilines is 5. The molecule has 7 N–H and O–H groups in total. The van der Waals surface area contributed by atoms with Crippen LogP contribution in [-0.4, -0.2) is 93.9 Å². The molecule has 0 unspecified atom stereocenters. The summed E-state index contributed by atoms with van der Waals surface area (Å²) < 4.78 is 76.3. The summed E-state index contributed by atoms with van der Waals surface area (Å²) in [4.78, 5) is 11.9. The number of hydrogen-bond acceptors (Lipinski definition) is 12. The van der Waals surface area contributed by atoms with E-state index in [9.17, 15) is 36.6 Å². The molecule has 2 fully saturated rings. The van der Waals surface area contributed by atoms with Crippen LogP contribution >= 0.6 is 0 Å². The molecule has 2 aliphatic carbocycles. The van der Waals surface area contributed by atoms with Crippen molar-refractivity contribution in [3.05, 3.63) is 356 Å². The molecule has 0 atom stereocenters. The van der Waals surface area contributed by atoms with Crippen molar-refractivity contribution in [2.24, 2.45) is 0 Å². The fourth-order valence-electron chi connectivity index (χ4n) is 19.8. The van der Waals surface area contributed by atoms with E-state index >= 15 is 0 Å². The lowest BCUT2D eigenvalue weighted by molar-refractivity contribution is -0.138. The second kappa shape index (κ2) is 39.7. The predicted molar refractivity (Wildman–Crippen MR) is 528 cm³/mol. The summed E-state index contributed by atoms with van der Waals surface area (Å²) in [6.45, 7) is 21.9. The molecule has 23 heteroatoms. The minimum Gasteiger partial charge on any atom is -0.385 e. The van der Waals surface area contributed by atoms with Crippen LogP contribution < -0.4 is 24.5 Å². The van der Waals surface area contributed by atoms with Gasteiger partial charge >= 0.3 is 12.4 Å². The molecule has 0 radical (unpaired) electrons. The van der Waals surface area contributed by atoms with Crippen molar-refractivity contribution in [2.75, 3.05) is 57.2 Å². The van der Waals surface area contributed by atoms with Gasteiger partial charge in [0.15, 0.2) is 0 Å². The maximum atomic E-state index is 12.7. The highest BCUT2D eigenvalue weighted by Crippen LogP contribution is 2.45. The molecule has 2 saturated carbocycles. The van der Waals surface area contributed by atoms with E-state index in [1.54, 1.807) is 30.5 Å². The fraction of sp³-hybridized carbons (Fsp3) is 0.330. The van der Waals surface area contributed by atoms with Crippen molar-refractivity contribution < 1.29 is 36.6 Å². The van der Waals surface area contributed by atoms with Crippen LogP contribution in [0, 0.1) is 20.8 Å². The lowest BCUT2D eigenvalue weighted by atomic mass is 9.75. The summed E-state index contributed by atoms with van der Waals surface area (Å²) in [7, 11) is 0. The SMILES string of the molecule is Cc1cc(-c2ccc3c(c2)CCCN3Cc2ccc(C(C)(C)C)cc2)n[nH]1.Cc1cc(-c2ccc3c(c2)CCCN3Cc2ccc(C(F)(F)F)cc2)n[nH]1.Cc1cc(-c2ccc3c(c2)CCCN3Cc2ccc(C3(O)CCC3)cc2)n[nH]1.FC(F)(F)c1ccc(CN2CCCc3cc(-c4cn[nH]c4)ccc32)cc1.OC1(c2ccc(CN3CCCc4cc(-c5cn[nH]c5)ccc43)cc2)CCC1. The van der Waals surface area contributed by atoms with Crippen LogP contribution in [0.3, 0.4) is 0 Å². The van der Waals surface area contributed by atoms with Gasteiger partial charge in [0, 0.05) is 151 Å². The second-order valence-corrected chi connectivity index (χ2v) is 38.6. The number of aliphatic hydroxyl groups is 2. The summed E-state index contributed by atoms with van der Waals surface area (Å²) in [6, 6.07) is 76.4. The number of alkyl halides is 6. The lowest BCUT2D eigenvalue weighted by Crippen LogP contribution is -2.33. The summed E-state index contributed by atoms with van der Waals surface area (Å²) in [6.07, 6.45) is 15.7. The second-order valence-electron chi connectivity index (χ2n) is 38.6. The third kappa shape index (κ3) is 21.9. The van der Waals surface area contributed by atoms with Gasteiger partial charge in [0.25, 0.3) is 0 Å². The number of aryl methyl sites for hydroxylation is 8. The number of H-pyrrole nitrogens is 5. The van der Waals surface area contributed by atoms with Gasteiger partial charge in [-0.2, -0.15) is 51.8 Å². The maximum Gasteiger partial charge on any atom is 0.416 e. The monoisotopic (exact) mass is 1820 g/mol. The Hall–Kier alpha value is -13.3. The van der Waals surface area contributed by atoms with E-state index in [1.165, 1.54) is 103 Å². The number of aromatic amines is 5. The summed E-state index contributed by atoms with van der Waals surface area (Å²) in [5, 5.41) is 57.0. The molecule has 10 heterocycles. The van der Waals surface area contributed by atoms with Gasteiger partial charge in [0.2, 0.25) is 0 Å². The number of benzene rings is 10. The standard InChI is InChI=1S/C24H27N3O.C24H29N3.C23H25N3O.C21H20F3N3.C20H18F3N3/c1-17-14-22(26-25-17)19-7-10-23-20(15-19)4-2-13-27(23)16-18-5-8-21(9-6-18)24(28)11-3-12-24;1-17-14-22(26-25-17)19-9-12-23-20(15-19)6-5-13-27(23)16-18-7-10-21(11-8-18)24(2,3)4;27-23(10-2-11-23)21-7-4-17(5-8-21)16-26-12-1-3-19-13-18(6-9-22(19)26)20-14-24-25-15-20;1-14-11-19(26-25-14)16-6-9-20-17(12-16)3-2-10-27(20)13-15-4-7-18(8-5-15)21(22,23)24;21-20(22,23)18-6-3-14(4-7-18)13-26-9-1-2-16-10-15(5-8-19(16)26)17-11-24-25-12-17/h5-10,14-15,28H,2-4,11-13,16H2,1H3,(H,25,26);7-12,14-15H,5-6,13,16H2,1-4H3,(H,25,26);4-9,13-15,27H,1-3,10-12,16H2,(H,24,25);4-9,11-12H,2-3,10,13H2,1H3,(H,25,26);3-8,10-12H,1-2,9,13H2,(H,24,25). The van der Waals surface area contributed by atoms with Crippen LogP contribution in [0.1, 0.15) is 192 Å². The average Bonchev–Trinajstić information content (AvgIpc) is 1.53. The number of nitrogens with one attached hydrogen (secondary N) is 5. The van der Waals surface area contributed by atoms with E-state index in [0.29, 0.717) is 13.1 Å². The summed E-state index contributed by atoms with van der Waals surface area (Å²) in [5.41, 5.74) is 34.4. The zero-order valence-corrected chi connectivity index (χ0v) is 77.8. The highest BCUT2D eigenvalue weighted by molar-refractivity contribution is 5.74. The first kappa shape index (κ1) is 92.2. The Morgan fingerprint density at radius 3 is 0.778 bits per heavy atom. The Kier molecular flexibility index (Phi) is 27.1. The van der Waals surface area contributed by atoms with Crippen molar-refractivity contribution in [2.45, 2.75) is 206 Å². The molecule has 5 aromatic heterocycles. The Bertz CT molecular complexity index is 6350. The lowest BCUT2D eigenvalue weighted by Gasteiger charge is -2.37. The fourth-order valence-corrected chi connectivity index (χ4v) is 19.8. The van der Waals surface area contributed by atoms with Gasteiger partial charge in [-0.1, -0.05) is 148 Å². The largest absolute Gasteiger partial charge is 0.416 e. The quantitative estimate of drug-likeness (QED) is 0.0426. The van der Waals surface area contributed by atoms with E-state index in [2.05, 4.69) is 272 Å². The minimum absolute atomic E-state index is 0.206. The van der Waals surface area contributed by atoms with Crippen molar-refractivity contribution in [3.8, 4) is 56.0 Å². The first-order valence-electron chi connectivity index (χ1n) is 47.6. The van der Waals surface area contributed by atoms with E-state index in [-0.39, 0.29) is 5.41 Å². The molecule has 7 aliphatic rings. The van der Waals surface area contributed by atoms with Gasteiger partial charge < -0.3 is 34.7 Å². The molecular weight excluding hydrogens is 1700 g/mol. The molecule has 0 bridgehead atoms. The number of halogens is 6. The molecule has 696 valence electrons. The first-order chi connectivity index (χ1) is 65.1. The van der Waals surface area contributed by atoms with Crippen LogP contribution in [-0.2, 0) is 93.8 Å². The number of hydrogen-bond donors (Lipinski definition) is 7. The molecule has 5 aliphatic heterocycles. The highest BCUT2D eigenvalue weighted by Gasteiger charge is 2.38. The Labute approximate surface area is 786 Å². The zero-order chi connectivity index (χ0) is 93.6. The molecule has 15 aromatic rings. The van der Waals surface area contributed by atoms with Gasteiger partial charge in [-0.3, -0.25) is 25.5 Å². The molecule has 0 spiro atoms. The first-order valence-corrected chi connectivity index (χ1v) is 47.6. The Morgan fingerprint density at radius 1 is 0.304 bits per heavy atom. The highest BCUT2D eigenvalue weighted by atomic mass is 19.4. The normalized spacial score (nSPS) is 15.8. The van der Waals surface area contributed by atoms with E-state index < -0.39 is 34.7 Å². The predicted octanol–water partition coefficient (Wildman–Crippen LogP) is 25.2. The van der Waals surface area contributed by atoms with Gasteiger partial charge in [0.05, 0.1) is 51.8 Å². The molecule has 135 heavy (non-hydrogen) atoms. The van der Waals surface area contributed by atoms with Crippen molar-refractivity contribution in [1.29, 1.82) is 0 Å². The Morgan fingerprint density at radius 2 is 0.556 bits per heavy atom. The summed E-state index contributed by atoms with van der Waals surface area (Å²) >= 11 is 0. The van der Waals surface area contributed by atoms with Crippen LogP contribution in [0.4, 0.5) is 54.8 Å². The third-order valence-corrected chi connectivity index (χ3v) is 27.7. The molecule has 10 aromatic carbocycles. The number of nitrogens with zero attached hydrogens (tertiary/aromatic N) is 10. The molecule has 0 saturated heterocycles. The van der Waals surface area contributed by atoms with Crippen molar-refractivity contribution >= 4 is 28.4 Å². The molecular formula is C112H119F6N15O2. The maximum absolute atomic E-state index is 12.7. The smallest absolute Gasteiger partial charge is 0.385 e. The van der Waals surface area contributed by atoms with Crippen LogP contribution in [0.15, 0.2) is 255 Å². The van der Waals surface area contributed by atoms with Gasteiger partial charge in [0.1, 0.15) is 0 Å². The minimum atomic E-state index is -4.29.